The second-order valence-corrected chi connectivity index (χ2v) is 10.3. The van der Waals surface area contributed by atoms with Crippen LogP contribution in [0.1, 0.15) is 37.8 Å². The van der Waals surface area contributed by atoms with Gasteiger partial charge in [-0.2, -0.15) is 5.10 Å². The Bertz CT molecular complexity index is 680. The van der Waals surface area contributed by atoms with Crippen molar-refractivity contribution in [3.8, 4) is 0 Å². The van der Waals surface area contributed by atoms with Crippen LogP contribution in [0.4, 0.5) is 0 Å². The van der Waals surface area contributed by atoms with Gasteiger partial charge in [0.05, 0.1) is 24.5 Å². The minimum atomic E-state index is 0.117. The molecule has 2 unspecified atom stereocenters. The molecule has 7 heteroatoms. The van der Waals surface area contributed by atoms with Crippen LogP contribution in [0.2, 0.25) is 0 Å². The van der Waals surface area contributed by atoms with E-state index >= 15 is 0 Å². The van der Waals surface area contributed by atoms with Crippen molar-refractivity contribution in [3.05, 3.63) is 11.8 Å². The van der Waals surface area contributed by atoms with Crippen molar-refractivity contribution in [2.24, 2.45) is 12.5 Å². The quantitative estimate of drug-likeness (QED) is 0.737. The summed E-state index contributed by atoms with van der Waals surface area (Å²) in [6, 6.07) is 2.79. The van der Waals surface area contributed by atoms with E-state index in [9.17, 15) is 0 Å². The molecule has 5 rings (SSSR count). The number of rotatable bonds is 3. The molecule has 0 saturated carbocycles. The summed E-state index contributed by atoms with van der Waals surface area (Å²) in [5.74, 6) is 0. The smallest absolute Gasteiger partial charge is 0.109 e. The molecule has 0 bridgehead atoms. The lowest BCUT2D eigenvalue weighted by Gasteiger charge is -2.38. The Balaban J connectivity index is 1.15. The first-order valence-corrected chi connectivity index (χ1v) is 11.2. The molecule has 150 valence electrons. The zero-order valence-electron chi connectivity index (χ0n) is 16.7. The Kier molecular flexibility index (Phi) is 4.79. The third-order valence-electron chi connectivity index (χ3n) is 7.17. The highest BCUT2D eigenvalue weighted by Crippen LogP contribution is 2.44. The summed E-state index contributed by atoms with van der Waals surface area (Å²) in [6.07, 6.45) is 6.07. The highest BCUT2D eigenvalue weighted by atomic mass is 32.2. The monoisotopic (exact) mass is 392 g/mol. The van der Waals surface area contributed by atoms with Gasteiger partial charge in [0.1, 0.15) is 5.03 Å². The van der Waals surface area contributed by atoms with Gasteiger partial charge in [0.15, 0.2) is 0 Å². The van der Waals surface area contributed by atoms with Crippen LogP contribution in [0.25, 0.3) is 0 Å². The van der Waals surface area contributed by atoms with Gasteiger partial charge in [-0.3, -0.25) is 9.58 Å². The molecule has 2 spiro atoms. The van der Waals surface area contributed by atoms with Crippen molar-refractivity contribution in [1.29, 1.82) is 0 Å². The maximum absolute atomic E-state index is 6.46. The minimum Gasteiger partial charge on any atom is -0.381 e. The summed E-state index contributed by atoms with van der Waals surface area (Å²) >= 11 is 1.85. The molecule has 0 aromatic carbocycles. The second kappa shape index (κ2) is 7.02. The third-order valence-corrected chi connectivity index (χ3v) is 8.37. The number of hydrogen-bond acceptors (Lipinski definition) is 6. The summed E-state index contributed by atoms with van der Waals surface area (Å²) < 4.78 is 16.6. The Morgan fingerprint density at radius 2 is 2.04 bits per heavy atom. The summed E-state index contributed by atoms with van der Waals surface area (Å²) in [6.45, 7) is 9.56. The molecular formula is C20H32N4O2S. The number of aromatic nitrogens is 2. The number of likely N-dealkylation sites (tertiary alicyclic amines) is 1. The van der Waals surface area contributed by atoms with Crippen molar-refractivity contribution in [1.82, 2.24) is 19.0 Å². The van der Waals surface area contributed by atoms with E-state index in [4.69, 9.17) is 9.47 Å². The Morgan fingerprint density at radius 1 is 1.19 bits per heavy atom. The van der Waals surface area contributed by atoms with Crippen LogP contribution in [-0.2, 0) is 16.5 Å². The molecule has 1 aromatic heterocycles. The van der Waals surface area contributed by atoms with Crippen molar-refractivity contribution < 1.29 is 9.47 Å². The van der Waals surface area contributed by atoms with Gasteiger partial charge in [0.25, 0.3) is 0 Å². The number of aryl methyl sites for hydroxylation is 2. The topological polar surface area (TPSA) is 42.8 Å². The van der Waals surface area contributed by atoms with E-state index in [1.54, 1.807) is 0 Å². The Labute approximate surface area is 166 Å². The molecule has 2 atom stereocenters. The van der Waals surface area contributed by atoms with Gasteiger partial charge in [-0.05, 0) is 63.6 Å². The van der Waals surface area contributed by atoms with Gasteiger partial charge in [0.2, 0.25) is 0 Å². The SMILES string of the molecule is Cc1cc(SN2CCC3(CC2)CC(N2CCC4(CCOC4)C2)CO3)n(C)n1. The molecule has 4 fully saturated rings. The van der Waals surface area contributed by atoms with E-state index in [-0.39, 0.29) is 5.60 Å². The lowest BCUT2D eigenvalue weighted by atomic mass is 9.86. The number of ether oxygens (including phenoxy) is 2. The van der Waals surface area contributed by atoms with Crippen LogP contribution in [0.3, 0.4) is 0 Å². The van der Waals surface area contributed by atoms with Crippen molar-refractivity contribution >= 4 is 11.9 Å². The molecule has 27 heavy (non-hydrogen) atoms. The van der Waals surface area contributed by atoms with Crippen LogP contribution in [0.5, 0.6) is 0 Å². The van der Waals surface area contributed by atoms with Crippen molar-refractivity contribution in [2.75, 3.05) is 46.0 Å². The number of nitrogens with zero attached hydrogens (tertiary/aromatic N) is 4. The van der Waals surface area contributed by atoms with Gasteiger partial charge >= 0.3 is 0 Å². The predicted molar refractivity (Wildman–Crippen MR) is 106 cm³/mol. The molecule has 6 nitrogen and oxygen atoms in total. The van der Waals surface area contributed by atoms with E-state index in [1.165, 1.54) is 37.4 Å². The van der Waals surface area contributed by atoms with E-state index in [0.29, 0.717) is 11.5 Å². The predicted octanol–water partition coefficient (Wildman–Crippen LogP) is 2.47. The van der Waals surface area contributed by atoms with Crippen LogP contribution < -0.4 is 0 Å². The van der Waals surface area contributed by atoms with Crippen LogP contribution in [0, 0.1) is 12.3 Å². The maximum Gasteiger partial charge on any atom is 0.109 e. The molecule has 4 saturated heterocycles. The molecule has 4 aliphatic rings. The molecule has 4 aliphatic heterocycles. The summed E-state index contributed by atoms with van der Waals surface area (Å²) in [7, 11) is 2.03. The van der Waals surface area contributed by atoms with Crippen LogP contribution in [-0.4, -0.2) is 76.6 Å². The number of hydrogen-bond donors (Lipinski definition) is 0. The van der Waals surface area contributed by atoms with Crippen molar-refractivity contribution in [3.63, 3.8) is 0 Å². The average molecular weight is 393 g/mol. The van der Waals surface area contributed by atoms with Gasteiger partial charge in [0, 0.05) is 44.7 Å². The van der Waals surface area contributed by atoms with Gasteiger partial charge < -0.3 is 9.47 Å². The Morgan fingerprint density at radius 3 is 2.74 bits per heavy atom. The summed E-state index contributed by atoms with van der Waals surface area (Å²) in [5, 5.41) is 5.69. The fourth-order valence-corrected chi connectivity index (χ4v) is 6.46. The molecular weight excluding hydrogens is 360 g/mol. The largest absolute Gasteiger partial charge is 0.381 e. The summed E-state index contributed by atoms with van der Waals surface area (Å²) in [5.41, 5.74) is 1.66. The zero-order chi connectivity index (χ0) is 18.5. The average Bonchev–Trinajstić information content (AvgIpc) is 3.42. The first kappa shape index (κ1) is 18.4. The van der Waals surface area contributed by atoms with Crippen molar-refractivity contribution in [2.45, 2.75) is 55.7 Å². The molecule has 5 heterocycles. The summed E-state index contributed by atoms with van der Waals surface area (Å²) in [4.78, 5) is 2.71. The molecule has 1 aromatic rings. The fourth-order valence-electron chi connectivity index (χ4n) is 5.45. The molecule has 0 N–H and O–H groups in total. The van der Waals surface area contributed by atoms with Gasteiger partial charge in [-0.1, -0.05) is 0 Å². The lowest BCUT2D eigenvalue weighted by Crippen LogP contribution is -2.43. The molecule has 0 aliphatic carbocycles. The first-order chi connectivity index (χ1) is 13.0. The van der Waals surface area contributed by atoms with E-state index in [2.05, 4.69) is 27.3 Å². The highest BCUT2D eigenvalue weighted by Gasteiger charge is 2.49. The Hall–Kier alpha value is -0.600. The first-order valence-electron chi connectivity index (χ1n) is 10.4. The van der Waals surface area contributed by atoms with Gasteiger partial charge in [-0.15, -0.1) is 0 Å². The third kappa shape index (κ3) is 3.57. The molecule has 0 radical (unpaired) electrons. The second-order valence-electron chi connectivity index (χ2n) is 9.14. The highest BCUT2D eigenvalue weighted by molar-refractivity contribution is 7.97. The lowest BCUT2D eigenvalue weighted by molar-refractivity contribution is -0.0305. The standard InChI is InChI=1S/C20H32N4O2S/c1-16-11-18(22(2)21-16)27-24-8-4-20(5-9-24)12-17(13-26-20)23-7-3-19(14-23)6-10-25-15-19/h11,17H,3-10,12-15H2,1-2H3. The zero-order valence-corrected chi connectivity index (χ0v) is 17.5. The van der Waals surface area contributed by atoms with E-state index < -0.39 is 0 Å². The molecule has 0 amide bonds. The minimum absolute atomic E-state index is 0.117. The number of piperidine rings is 1. The maximum atomic E-state index is 6.46. The van der Waals surface area contributed by atoms with Gasteiger partial charge in [-0.25, -0.2) is 4.31 Å². The normalized spacial score (nSPS) is 34.4. The van der Waals surface area contributed by atoms with E-state index in [0.717, 1.165) is 51.4 Å². The fraction of sp³-hybridized carbons (Fsp3) is 0.850. The van der Waals surface area contributed by atoms with E-state index in [1.807, 2.05) is 23.7 Å². The van der Waals surface area contributed by atoms with Crippen LogP contribution >= 0.6 is 11.9 Å². The van der Waals surface area contributed by atoms with Crippen LogP contribution in [0.15, 0.2) is 11.1 Å².